The van der Waals surface area contributed by atoms with Crippen molar-refractivity contribution in [1.29, 1.82) is 0 Å². The van der Waals surface area contributed by atoms with Gasteiger partial charge in [-0.05, 0) is 24.3 Å². The van der Waals surface area contributed by atoms with Gasteiger partial charge in [-0.2, -0.15) is 5.10 Å². The van der Waals surface area contributed by atoms with Crippen LogP contribution in [0.4, 0.5) is 4.39 Å². The summed E-state index contributed by atoms with van der Waals surface area (Å²) < 4.78 is 19.7. The molecule has 2 rings (SSSR count). The first-order valence-corrected chi connectivity index (χ1v) is 6.80. The lowest BCUT2D eigenvalue weighted by Crippen LogP contribution is -2.17. The first-order valence-electron chi connectivity index (χ1n) is 5.81. The normalized spacial score (nSPS) is 12.4. The minimum atomic E-state index is -0.234. The molecule has 102 valence electrons. The van der Waals surface area contributed by atoms with Crippen LogP contribution in [-0.4, -0.2) is 22.6 Å². The molecule has 0 radical (unpaired) electrons. The van der Waals surface area contributed by atoms with Gasteiger partial charge in [0.15, 0.2) is 5.75 Å². The third-order valence-electron chi connectivity index (χ3n) is 2.76. The Morgan fingerprint density at radius 2 is 2.11 bits per heavy atom. The van der Waals surface area contributed by atoms with E-state index < -0.39 is 0 Å². The van der Waals surface area contributed by atoms with Crippen LogP contribution in [0.2, 0.25) is 0 Å². The monoisotopic (exact) mass is 281 g/mol. The topological polar surface area (TPSA) is 53.1 Å². The Bertz CT molecular complexity index is 541. The van der Waals surface area contributed by atoms with Crippen LogP contribution >= 0.6 is 11.8 Å². The molecule has 2 aromatic rings. The third-order valence-corrected chi connectivity index (χ3v) is 3.89. The van der Waals surface area contributed by atoms with Crippen molar-refractivity contribution in [3.8, 4) is 5.75 Å². The number of thioether (sulfide) groups is 1. The first kappa shape index (κ1) is 13.9. The molecule has 0 spiro atoms. The molecule has 4 nitrogen and oxygen atoms in total. The predicted molar refractivity (Wildman–Crippen MR) is 73.8 cm³/mol. The van der Waals surface area contributed by atoms with E-state index in [1.54, 1.807) is 41.9 Å². The summed E-state index contributed by atoms with van der Waals surface area (Å²) in [6.07, 6.45) is 1.65. The Kier molecular flexibility index (Phi) is 4.44. The Morgan fingerprint density at radius 1 is 1.42 bits per heavy atom. The molecule has 0 fully saturated rings. The molecule has 0 aliphatic heterocycles. The summed E-state index contributed by atoms with van der Waals surface area (Å²) in [6, 6.07) is 6.18. The van der Waals surface area contributed by atoms with Crippen LogP contribution in [0, 0.1) is 5.82 Å². The van der Waals surface area contributed by atoms with Crippen LogP contribution < -0.4 is 10.5 Å². The van der Waals surface area contributed by atoms with E-state index in [1.165, 1.54) is 12.1 Å². The van der Waals surface area contributed by atoms with E-state index in [1.807, 2.05) is 7.05 Å². The molecule has 0 aliphatic carbocycles. The van der Waals surface area contributed by atoms with Crippen molar-refractivity contribution in [3.63, 3.8) is 0 Å². The Labute approximate surface area is 115 Å². The number of aromatic nitrogens is 2. The van der Waals surface area contributed by atoms with E-state index in [0.29, 0.717) is 11.5 Å². The molecule has 1 atom stereocenters. The van der Waals surface area contributed by atoms with Crippen molar-refractivity contribution < 1.29 is 9.13 Å². The molecule has 1 aromatic carbocycles. The molecule has 19 heavy (non-hydrogen) atoms. The summed E-state index contributed by atoms with van der Waals surface area (Å²) in [5, 5.41) is 4.13. The van der Waals surface area contributed by atoms with E-state index in [4.69, 9.17) is 10.5 Å². The maximum Gasteiger partial charge on any atom is 0.161 e. The highest BCUT2D eigenvalue weighted by molar-refractivity contribution is 7.99. The maximum atomic E-state index is 12.8. The number of benzene rings is 1. The van der Waals surface area contributed by atoms with E-state index >= 15 is 0 Å². The van der Waals surface area contributed by atoms with Crippen molar-refractivity contribution in [2.75, 3.05) is 12.9 Å². The van der Waals surface area contributed by atoms with Crippen LogP contribution in [0.15, 0.2) is 35.4 Å². The molecule has 1 heterocycles. The number of nitrogens with two attached hydrogens (primary N) is 1. The van der Waals surface area contributed by atoms with E-state index in [9.17, 15) is 4.39 Å². The van der Waals surface area contributed by atoms with Crippen LogP contribution in [0.1, 0.15) is 11.7 Å². The molecule has 0 saturated carbocycles. The van der Waals surface area contributed by atoms with Gasteiger partial charge in [-0.15, -0.1) is 11.8 Å². The number of halogens is 1. The Hall–Kier alpha value is -1.53. The number of hydrogen-bond acceptors (Lipinski definition) is 4. The Balaban J connectivity index is 2.03. The lowest BCUT2D eigenvalue weighted by Gasteiger charge is -2.13. The minimum absolute atomic E-state index is 0.197. The van der Waals surface area contributed by atoms with Gasteiger partial charge in [0.05, 0.1) is 25.0 Å². The second-order valence-electron chi connectivity index (χ2n) is 4.09. The van der Waals surface area contributed by atoms with E-state index in [0.717, 1.165) is 10.6 Å². The van der Waals surface area contributed by atoms with Gasteiger partial charge in [-0.3, -0.25) is 4.68 Å². The zero-order valence-electron chi connectivity index (χ0n) is 10.8. The molecule has 0 saturated heterocycles. The SMILES string of the molecule is COc1cnn(C)c1C(N)CSc1ccc(F)cc1. The van der Waals surface area contributed by atoms with Crippen molar-refractivity contribution in [1.82, 2.24) is 9.78 Å². The fraction of sp³-hybridized carbons (Fsp3) is 0.308. The zero-order chi connectivity index (χ0) is 13.8. The minimum Gasteiger partial charge on any atom is -0.493 e. The average molecular weight is 281 g/mol. The lowest BCUT2D eigenvalue weighted by molar-refractivity contribution is 0.405. The van der Waals surface area contributed by atoms with Gasteiger partial charge in [-0.25, -0.2) is 4.39 Å². The molecular weight excluding hydrogens is 265 g/mol. The Morgan fingerprint density at radius 3 is 2.74 bits per heavy atom. The summed E-state index contributed by atoms with van der Waals surface area (Å²) >= 11 is 1.58. The zero-order valence-corrected chi connectivity index (χ0v) is 11.7. The van der Waals surface area contributed by atoms with Crippen LogP contribution in [0.3, 0.4) is 0 Å². The highest BCUT2D eigenvalue weighted by Crippen LogP contribution is 2.28. The molecule has 2 N–H and O–H groups in total. The quantitative estimate of drug-likeness (QED) is 0.855. The summed E-state index contributed by atoms with van der Waals surface area (Å²) in [5.41, 5.74) is 7.02. The molecular formula is C13H16FN3OS. The summed E-state index contributed by atoms with van der Waals surface area (Å²) in [4.78, 5) is 0.984. The number of nitrogens with zero attached hydrogens (tertiary/aromatic N) is 2. The fourth-order valence-electron chi connectivity index (χ4n) is 1.80. The smallest absolute Gasteiger partial charge is 0.161 e. The van der Waals surface area contributed by atoms with Crippen LogP contribution in [-0.2, 0) is 7.05 Å². The van der Waals surface area contributed by atoms with E-state index in [-0.39, 0.29) is 11.9 Å². The predicted octanol–water partition coefficient (Wildman–Crippen LogP) is 2.36. The van der Waals surface area contributed by atoms with Gasteiger partial charge >= 0.3 is 0 Å². The van der Waals surface area contributed by atoms with Gasteiger partial charge < -0.3 is 10.5 Å². The third kappa shape index (κ3) is 3.27. The number of methoxy groups -OCH3 is 1. The second kappa shape index (κ2) is 6.08. The van der Waals surface area contributed by atoms with Crippen LogP contribution in [0.5, 0.6) is 5.75 Å². The molecule has 0 bridgehead atoms. The number of rotatable bonds is 5. The highest BCUT2D eigenvalue weighted by Gasteiger charge is 2.17. The fourth-order valence-corrected chi connectivity index (χ4v) is 2.66. The van der Waals surface area contributed by atoms with Gasteiger partial charge in [-0.1, -0.05) is 0 Å². The highest BCUT2D eigenvalue weighted by atomic mass is 32.2. The van der Waals surface area contributed by atoms with Crippen molar-refractivity contribution in [2.45, 2.75) is 10.9 Å². The van der Waals surface area contributed by atoms with Gasteiger partial charge in [0, 0.05) is 17.7 Å². The van der Waals surface area contributed by atoms with Crippen molar-refractivity contribution in [2.24, 2.45) is 12.8 Å². The molecule has 1 unspecified atom stereocenters. The average Bonchev–Trinajstić information content (AvgIpc) is 2.79. The summed E-state index contributed by atoms with van der Waals surface area (Å²) in [7, 11) is 3.43. The van der Waals surface area contributed by atoms with E-state index in [2.05, 4.69) is 5.10 Å². The summed E-state index contributed by atoms with van der Waals surface area (Å²) in [6.45, 7) is 0. The number of aryl methyl sites for hydroxylation is 1. The van der Waals surface area contributed by atoms with Gasteiger partial charge in [0.1, 0.15) is 5.82 Å². The molecule has 0 amide bonds. The maximum absolute atomic E-state index is 12.8. The van der Waals surface area contributed by atoms with Crippen molar-refractivity contribution >= 4 is 11.8 Å². The largest absolute Gasteiger partial charge is 0.493 e. The van der Waals surface area contributed by atoms with Gasteiger partial charge in [0.25, 0.3) is 0 Å². The number of ether oxygens (including phenoxy) is 1. The lowest BCUT2D eigenvalue weighted by atomic mass is 10.2. The molecule has 1 aromatic heterocycles. The molecule has 6 heteroatoms. The number of hydrogen-bond donors (Lipinski definition) is 1. The van der Waals surface area contributed by atoms with Crippen LogP contribution in [0.25, 0.3) is 0 Å². The second-order valence-corrected chi connectivity index (χ2v) is 5.19. The van der Waals surface area contributed by atoms with Crippen molar-refractivity contribution in [3.05, 3.63) is 42.0 Å². The van der Waals surface area contributed by atoms with Gasteiger partial charge in [0.2, 0.25) is 0 Å². The standard InChI is InChI=1S/C13H16FN3OS/c1-17-13(12(18-2)7-16-17)11(15)8-19-10-5-3-9(14)4-6-10/h3-7,11H,8,15H2,1-2H3. The summed E-state index contributed by atoms with van der Waals surface area (Å²) in [5.74, 6) is 1.12. The first-order chi connectivity index (χ1) is 9.11. The molecule has 0 aliphatic rings.